The Kier molecular flexibility index (Phi) is 8.50. The van der Waals surface area contributed by atoms with Gasteiger partial charge >= 0.3 is 0 Å². The number of likely N-dealkylation sites (N-methyl/N-ethyl adjacent to an activating group) is 1. The summed E-state index contributed by atoms with van der Waals surface area (Å²) < 4.78 is 5.26. The van der Waals surface area contributed by atoms with Crippen LogP contribution in [0.2, 0.25) is 0 Å². The maximum atomic E-state index is 12.4. The Hall–Kier alpha value is -2.17. The fraction of sp³-hybridized carbons (Fsp3) is 0.536. The molecule has 32 heavy (non-hydrogen) atoms. The molecule has 4 heteroatoms. The van der Waals surface area contributed by atoms with Crippen molar-refractivity contribution in [1.82, 2.24) is 5.32 Å². The van der Waals surface area contributed by atoms with Crippen molar-refractivity contribution in [2.75, 3.05) is 13.7 Å². The molecule has 2 fully saturated rings. The van der Waals surface area contributed by atoms with Gasteiger partial charge in [0, 0.05) is 12.0 Å². The van der Waals surface area contributed by atoms with Gasteiger partial charge in [0.1, 0.15) is 11.3 Å². The van der Waals surface area contributed by atoms with Gasteiger partial charge in [-0.2, -0.15) is 0 Å². The van der Waals surface area contributed by atoms with Crippen LogP contribution in [0.5, 0.6) is 5.75 Å². The van der Waals surface area contributed by atoms with Crippen LogP contribution in [0.3, 0.4) is 0 Å². The third-order valence-corrected chi connectivity index (χ3v) is 7.39. The molecule has 2 aliphatic carbocycles. The van der Waals surface area contributed by atoms with E-state index in [1.807, 2.05) is 31.2 Å². The molecule has 2 aromatic rings. The van der Waals surface area contributed by atoms with Gasteiger partial charge in [0.15, 0.2) is 5.78 Å². The molecule has 2 unspecified atom stereocenters. The minimum absolute atomic E-state index is 0.0699. The largest absolute Gasteiger partial charge is 0.497 e. The molecule has 0 spiro atoms. The highest BCUT2D eigenvalue weighted by Crippen LogP contribution is 2.39. The van der Waals surface area contributed by atoms with Gasteiger partial charge in [-0.15, -0.1) is 0 Å². The van der Waals surface area contributed by atoms with Gasteiger partial charge in [-0.25, -0.2) is 0 Å². The molecule has 0 aliphatic heterocycles. The summed E-state index contributed by atoms with van der Waals surface area (Å²) in [6, 6.07) is 18.4. The molecule has 4 nitrogen and oxygen atoms in total. The van der Waals surface area contributed by atoms with Crippen molar-refractivity contribution in [1.29, 1.82) is 0 Å². The van der Waals surface area contributed by atoms with Crippen LogP contribution in [0, 0.1) is 5.92 Å². The van der Waals surface area contributed by atoms with Crippen molar-refractivity contribution in [3.63, 3.8) is 0 Å². The molecule has 2 aliphatic rings. The van der Waals surface area contributed by atoms with Crippen LogP contribution in [0.25, 0.3) is 0 Å². The van der Waals surface area contributed by atoms with Gasteiger partial charge in [0.25, 0.3) is 0 Å². The standard InChI is InChI=1S/C15H21NO2.C13H19N/c1-3-16-15(10-5-4-9-14(15)17)12-7-6-8-13(11-12)18-2;1-11-7-5-6-10-13(11,14)12-8-3-2-4-9-12/h6-8,11,16H,3-5,9-10H2,1-2H3;2-4,8-9,11H,5-7,10,14H2,1H3/t;11?,13-/m.0/s1. The first kappa shape index (κ1) is 24.5. The average molecular weight is 437 g/mol. The number of carbonyl (C=O) groups is 1. The number of hydrogen-bond donors (Lipinski definition) is 2. The van der Waals surface area contributed by atoms with Crippen molar-refractivity contribution in [3.05, 3.63) is 65.7 Å². The Labute approximate surface area is 193 Å². The van der Waals surface area contributed by atoms with Crippen LogP contribution in [-0.2, 0) is 15.9 Å². The lowest BCUT2D eigenvalue weighted by atomic mass is 9.70. The molecule has 0 heterocycles. The van der Waals surface area contributed by atoms with E-state index in [4.69, 9.17) is 10.5 Å². The Balaban J connectivity index is 0.000000186. The molecule has 0 amide bonds. The van der Waals surface area contributed by atoms with Crippen LogP contribution in [-0.4, -0.2) is 19.4 Å². The highest BCUT2D eigenvalue weighted by atomic mass is 16.5. The summed E-state index contributed by atoms with van der Waals surface area (Å²) in [5, 5.41) is 3.41. The maximum absolute atomic E-state index is 12.4. The van der Waals surface area contributed by atoms with Crippen LogP contribution < -0.4 is 15.8 Å². The van der Waals surface area contributed by atoms with Crippen LogP contribution in [0.4, 0.5) is 0 Å². The Bertz CT molecular complexity index is 865. The molecular weight excluding hydrogens is 396 g/mol. The van der Waals surface area contributed by atoms with E-state index in [-0.39, 0.29) is 5.54 Å². The van der Waals surface area contributed by atoms with Crippen molar-refractivity contribution < 1.29 is 9.53 Å². The lowest BCUT2D eigenvalue weighted by Crippen LogP contribution is -2.50. The second-order valence-corrected chi connectivity index (χ2v) is 9.35. The van der Waals surface area contributed by atoms with Crippen molar-refractivity contribution in [3.8, 4) is 5.75 Å². The van der Waals surface area contributed by atoms with E-state index in [0.29, 0.717) is 18.1 Å². The van der Waals surface area contributed by atoms with E-state index in [1.165, 1.54) is 24.8 Å². The zero-order chi connectivity index (χ0) is 23.0. The van der Waals surface area contributed by atoms with Gasteiger partial charge in [-0.3, -0.25) is 4.79 Å². The summed E-state index contributed by atoms with van der Waals surface area (Å²) in [4.78, 5) is 12.4. The van der Waals surface area contributed by atoms with E-state index in [9.17, 15) is 4.79 Å². The molecule has 0 saturated heterocycles. The molecule has 2 aromatic carbocycles. The second-order valence-electron chi connectivity index (χ2n) is 9.35. The number of nitrogens with two attached hydrogens (primary N) is 1. The summed E-state index contributed by atoms with van der Waals surface area (Å²) in [5.41, 5.74) is 8.30. The molecule has 3 atom stereocenters. The number of benzene rings is 2. The van der Waals surface area contributed by atoms with Crippen LogP contribution in [0.15, 0.2) is 54.6 Å². The number of carbonyl (C=O) groups excluding carboxylic acids is 1. The molecule has 0 aromatic heterocycles. The second kappa shape index (κ2) is 11.1. The number of rotatable bonds is 5. The highest BCUT2D eigenvalue weighted by Gasteiger charge is 2.40. The number of nitrogens with one attached hydrogen (secondary N) is 1. The maximum Gasteiger partial charge on any atom is 0.157 e. The van der Waals surface area contributed by atoms with Gasteiger partial charge in [0.05, 0.1) is 7.11 Å². The first-order valence-corrected chi connectivity index (χ1v) is 12.2. The Morgan fingerprint density at radius 3 is 2.38 bits per heavy atom. The van der Waals surface area contributed by atoms with E-state index in [2.05, 4.69) is 42.6 Å². The zero-order valence-electron chi connectivity index (χ0n) is 20.0. The van der Waals surface area contributed by atoms with Crippen molar-refractivity contribution >= 4 is 5.78 Å². The van der Waals surface area contributed by atoms with E-state index >= 15 is 0 Å². The van der Waals surface area contributed by atoms with E-state index in [1.54, 1.807) is 7.11 Å². The molecular formula is C28H40N2O2. The number of Topliss-reactive ketones (excluding diaryl/α,β-unsaturated/α-hetero) is 1. The Morgan fingerprint density at radius 1 is 1.00 bits per heavy atom. The predicted octanol–water partition coefficient (Wildman–Crippen LogP) is 5.69. The molecule has 2 saturated carbocycles. The average Bonchev–Trinajstić information content (AvgIpc) is 2.84. The summed E-state index contributed by atoms with van der Waals surface area (Å²) in [6.45, 7) is 5.12. The smallest absolute Gasteiger partial charge is 0.157 e. The van der Waals surface area contributed by atoms with Gasteiger partial charge in [-0.05, 0) is 61.4 Å². The summed E-state index contributed by atoms with van der Waals surface area (Å²) in [5.74, 6) is 1.73. The lowest BCUT2D eigenvalue weighted by Gasteiger charge is -2.40. The topological polar surface area (TPSA) is 64.3 Å². The monoisotopic (exact) mass is 436 g/mol. The molecule has 3 N–H and O–H groups in total. The van der Waals surface area contributed by atoms with Crippen molar-refractivity contribution in [2.24, 2.45) is 11.7 Å². The van der Waals surface area contributed by atoms with Gasteiger partial charge in [-0.1, -0.05) is 75.6 Å². The van der Waals surface area contributed by atoms with Crippen molar-refractivity contribution in [2.45, 2.75) is 76.3 Å². The van der Waals surface area contributed by atoms with E-state index < -0.39 is 5.54 Å². The molecule has 174 valence electrons. The predicted molar refractivity (Wildman–Crippen MR) is 132 cm³/mol. The minimum Gasteiger partial charge on any atom is -0.497 e. The Morgan fingerprint density at radius 2 is 1.72 bits per heavy atom. The third-order valence-electron chi connectivity index (χ3n) is 7.39. The third kappa shape index (κ3) is 5.24. The highest BCUT2D eigenvalue weighted by molar-refractivity contribution is 5.90. The summed E-state index contributed by atoms with van der Waals surface area (Å²) in [7, 11) is 1.65. The number of ketones is 1. The van der Waals surface area contributed by atoms with Crippen LogP contribution in [0.1, 0.15) is 76.3 Å². The molecule has 4 rings (SSSR count). The van der Waals surface area contributed by atoms with Gasteiger partial charge in [0.2, 0.25) is 0 Å². The summed E-state index contributed by atoms with van der Waals surface area (Å²) >= 11 is 0. The number of hydrogen-bond acceptors (Lipinski definition) is 4. The van der Waals surface area contributed by atoms with Gasteiger partial charge < -0.3 is 15.8 Å². The fourth-order valence-electron chi connectivity index (χ4n) is 5.36. The first-order valence-electron chi connectivity index (χ1n) is 12.2. The molecule has 0 bridgehead atoms. The molecule has 0 radical (unpaired) electrons. The number of ether oxygens (including phenoxy) is 1. The lowest BCUT2D eigenvalue weighted by molar-refractivity contribution is -0.128. The fourth-order valence-corrected chi connectivity index (χ4v) is 5.36. The summed E-state index contributed by atoms with van der Waals surface area (Å²) in [6.07, 6.45) is 8.68. The first-order chi connectivity index (χ1) is 15.5. The van der Waals surface area contributed by atoms with E-state index in [0.717, 1.165) is 43.5 Å². The van der Waals surface area contributed by atoms with Crippen LogP contribution >= 0.6 is 0 Å². The minimum atomic E-state index is -0.498. The number of methoxy groups -OCH3 is 1. The normalized spacial score (nSPS) is 27.9. The zero-order valence-corrected chi connectivity index (χ0v) is 20.0. The SMILES string of the molecule is CC1CCCC[C@@]1(N)c1ccccc1.CCNC1(c2cccc(OC)c2)CCCCC1=O. The quantitative estimate of drug-likeness (QED) is 0.632.